The summed E-state index contributed by atoms with van der Waals surface area (Å²) >= 11 is 0. The molecule has 0 bridgehead atoms. The monoisotopic (exact) mass is 211 g/mol. The summed E-state index contributed by atoms with van der Waals surface area (Å²) in [7, 11) is 0. The third kappa shape index (κ3) is 2.08. The predicted octanol–water partition coefficient (Wildman–Crippen LogP) is 3.26. The summed E-state index contributed by atoms with van der Waals surface area (Å²) in [5, 5.41) is 0. The minimum absolute atomic E-state index is 0.422. The second-order valence-corrected chi connectivity index (χ2v) is 4.25. The molecule has 1 nitrogen and oxygen atoms in total. The predicted molar refractivity (Wildman–Crippen MR) is 69.6 cm³/mol. The van der Waals surface area contributed by atoms with Gasteiger partial charge in [-0.15, -0.1) is 0 Å². The van der Waals surface area contributed by atoms with Gasteiger partial charge in [-0.3, -0.25) is 0 Å². The van der Waals surface area contributed by atoms with Gasteiger partial charge in [0.05, 0.1) is 0 Å². The van der Waals surface area contributed by atoms with Crippen LogP contribution in [0.15, 0.2) is 72.0 Å². The number of hydrogen-bond donors (Lipinski definition) is 1. The Morgan fingerprint density at radius 1 is 1.25 bits per heavy atom. The second-order valence-electron chi connectivity index (χ2n) is 4.25. The molecule has 0 amide bonds. The fourth-order valence-electron chi connectivity index (χ4n) is 2.15. The van der Waals surface area contributed by atoms with Gasteiger partial charge in [-0.2, -0.15) is 0 Å². The molecule has 2 rings (SSSR count). The standard InChI is InChI=1S/C15H17N/c1-3-4-5-12-9-13-6-7-15(16)10-14(13)8-11(12)2/h3-10,13-14H,1,16H2,2H3/b5-4-. The minimum Gasteiger partial charge on any atom is -0.399 e. The van der Waals surface area contributed by atoms with Gasteiger partial charge in [0.1, 0.15) is 0 Å². The van der Waals surface area contributed by atoms with Crippen LogP contribution in [0.1, 0.15) is 6.92 Å². The first-order chi connectivity index (χ1) is 7.70. The number of nitrogens with two attached hydrogens (primary N) is 1. The van der Waals surface area contributed by atoms with Gasteiger partial charge in [0.2, 0.25) is 0 Å². The maximum absolute atomic E-state index is 5.80. The zero-order chi connectivity index (χ0) is 11.5. The Kier molecular flexibility index (Phi) is 2.95. The lowest BCUT2D eigenvalue weighted by atomic mass is 9.79. The molecule has 2 atom stereocenters. The van der Waals surface area contributed by atoms with E-state index in [0.717, 1.165) is 5.70 Å². The Morgan fingerprint density at radius 2 is 2.06 bits per heavy atom. The van der Waals surface area contributed by atoms with E-state index < -0.39 is 0 Å². The summed E-state index contributed by atoms with van der Waals surface area (Å²) in [5.41, 5.74) is 9.25. The Labute approximate surface area is 97.0 Å². The van der Waals surface area contributed by atoms with Crippen LogP contribution in [-0.2, 0) is 0 Å². The van der Waals surface area contributed by atoms with Gasteiger partial charge in [0.15, 0.2) is 0 Å². The van der Waals surface area contributed by atoms with Gasteiger partial charge in [0, 0.05) is 17.5 Å². The molecule has 1 heteroatoms. The Hall–Kier alpha value is -1.76. The number of rotatable bonds is 2. The van der Waals surface area contributed by atoms with Crippen LogP contribution in [0.4, 0.5) is 0 Å². The highest BCUT2D eigenvalue weighted by Gasteiger charge is 2.21. The van der Waals surface area contributed by atoms with Crippen LogP contribution in [0.3, 0.4) is 0 Å². The molecule has 2 aliphatic rings. The molecule has 0 aromatic carbocycles. The summed E-state index contributed by atoms with van der Waals surface area (Å²) in [6, 6.07) is 0. The molecule has 0 saturated heterocycles. The summed E-state index contributed by atoms with van der Waals surface area (Å²) in [6.45, 7) is 5.82. The van der Waals surface area contributed by atoms with E-state index in [1.807, 2.05) is 12.2 Å². The van der Waals surface area contributed by atoms with Crippen molar-refractivity contribution in [1.82, 2.24) is 0 Å². The van der Waals surface area contributed by atoms with Crippen LogP contribution in [-0.4, -0.2) is 0 Å². The van der Waals surface area contributed by atoms with Crippen molar-refractivity contribution in [1.29, 1.82) is 0 Å². The average Bonchev–Trinajstić information content (AvgIpc) is 2.26. The molecule has 2 unspecified atom stereocenters. The molecule has 0 aromatic heterocycles. The quantitative estimate of drug-likeness (QED) is 0.697. The van der Waals surface area contributed by atoms with Gasteiger partial charge in [-0.1, -0.05) is 49.1 Å². The SMILES string of the molecule is C=C/C=C\C1=CC2C=CC(N)=CC2C=C1C. The van der Waals surface area contributed by atoms with E-state index in [1.54, 1.807) is 6.08 Å². The Balaban J connectivity index is 2.28. The third-order valence-corrected chi connectivity index (χ3v) is 3.02. The lowest BCUT2D eigenvalue weighted by Crippen LogP contribution is -2.16. The van der Waals surface area contributed by atoms with Gasteiger partial charge in [-0.05, 0) is 24.1 Å². The summed E-state index contributed by atoms with van der Waals surface area (Å²) in [6.07, 6.45) is 16.7. The van der Waals surface area contributed by atoms with Crippen molar-refractivity contribution in [2.45, 2.75) is 6.92 Å². The van der Waals surface area contributed by atoms with Gasteiger partial charge in [-0.25, -0.2) is 0 Å². The minimum atomic E-state index is 0.422. The molecule has 16 heavy (non-hydrogen) atoms. The van der Waals surface area contributed by atoms with Crippen molar-refractivity contribution < 1.29 is 0 Å². The molecule has 2 aliphatic carbocycles. The molecule has 0 fully saturated rings. The van der Waals surface area contributed by atoms with Crippen LogP contribution >= 0.6 is 0 Å². The van der Waals surface area contributed by atoms with Crippen molar-refractivity contribution >= 4 is 0 Å². The van der Waals surface area contributed by atoms with E-state index in [2.05, 4.69) is 43.9 Å². The number of fused-ring (bicyclic) bond motifs is 1. The smallest absolute Gasteiger partial charge is 0.0276 e. The summed E-state index contributed by atoms with van der Waals surface area (Å²) in [4.78, 5) is 0. The first-order valence-corrected chi connectivity index (χ1v) is 5.56. The fourth-order valence-corrected chi connectivity index (χ4v) is 2.15. The maximum Gasteiger partial charge on any atom is 0.0276 e. The van der Waals surface area contributed by atoms with Crippen molar-refractivity contribution in [2.24, 2.45) is 17.6 Å². The van der Waals surface area contributed by atoms with E-state index >= 15 is 0 Å². The van der Waals surface area contributed by atoms with E-state index in [1.165, 1.54) is 11.1 Å². The molecule has 82 valence electrons. The van der Waals surface area contributed by atoms with Crippen molar-refractivity contribution in [3.05, 3.63) is 72.0 Å². The molecule has 0 aromatic rings. The molecule has 0 aliphatic heterocycles. The maximum atomic E-state index is 5.80. The average molecular weight is 211 g/mol. The van der Waals surface area contributed by atoms with Gasteiger partial charge < -0.3 is 5.73 Å². The molecule has 0 radical (unpaired) electrons. The molecular weight excluding hydrogens is 194 g/mol. The van der Waals surface area contributed by atoms with Crippen LogP contribution in [0.25, 0.3) is 0 Å². The normalized spacial score (nSPS) is 28.2. The largest absolute Gasteiger partial charge is 0.399 e. The zero-order valence-electron chi connectivity index (χ0n) is 9.56. The molecule has 0 spiro atoms. The molecule has 0 heterocycles. The fraction of sp³-hybridized carbons (Fsp3) is 0.200. The molecule has 2 N–H and O–H groups in total. The third-order valence-electron chi connectivity index (χ3n) is 3.02. The Bertz CT molecular complexity index is 444. The van der Waals surface area contributed by atoms with Crippen molar-refractivity contribution in [3.8, 4) is 0 Å². The van der Waals surface area contributed by atoms with Gasteiger partial charge >= 0.3 is 0 Å². The lowest BCUT2D eigenvalue weighted by Gasteiger charge is -2.26. The first kappa shape index (κ1) is 10.7. The van der Waals surface area contributed by atoms with E-state index in [9.17, 15) is 0 Å². The topological polar surface area (TPSA) is 26.0 Å². The molecular formula is C15H17N. The highest BCUT2D eigenvalue weighted by Crippen LogP contribution is 2.32. The van der Waals surface area contributed by atoms with Crippen molar-refractivity contribution in [3.63, 3.8) is 0 Å². The van der Waals surface area contributed by atoms with Crippen LogP contribution in [0, 0.1) is 11.8 Å². The molecule has 0 saturated carbocycles. The zero-order valence-corrected chi connectivity index (χ0v) is 9.56. The van der Waals surface area contributed by atoms with Crippen LogP contribution < -0.4 is 5.73 Å². The Morgan fingerprint density at radius 3 is 2.81 bits per heavy atom. The van der Waals surface area contributed by atoms with E-state index in [4.69, 9.17) is 5.73 Å². The van der Waals surface area contributed by atoms with E-state index in [0.29, 0.717) is 11.8 Å². The van der Waals surface area contributed by atoms with Crippen molar-refractivity contribution in [2.75, 3.05) is 0 Å². The highest BCUT2D eigenvalue weighted by atomic mass is 14.6. The number of hydrogen-bond acceptors (Lipinski definition) is 1. The lowest BCUT2D eigenvalue weighted by molar-refractivity contribution is 0.644. The highest BCUT2D eigenvalue weighted by molar-refractivity contribution is 5.46. The summed E-state index contributed by atoms with van der Waals surface area (Å²) < 4.78 is 0. The number of allylic oxidation sites excluding steroid dienone is 10. The second kappa shape index (κ2) is 4.40. The van der Waals surface area contributed by atoms with E-state index in [-0.39, 0.29) is 0 Å². The van der Waals surface area contributed by atoms with Crippen LogP contribution in [0.5, 0.6) is 0 Å². The van der Waals surface area contributed by atoms with Crippen LogP contribution in [0.2, 0.25) is 0 Å². The van der Waals surface area contributed by atoms with Gasteiger partial charge in [0.25, 0.3) is 0 Å². The summed E-state index contributed by atoms with van der Waals surface area (Å²) in [5.74, 6) is 0.867. The first-order valence-electron chi connectivity index (χ1n) is 5.56.